The zero-order valence-electron chi connectivity index (χ0n) is 7.03. The van der Waals surface area contributed by atoms with Gasteiger partial charge >= 0.3 is 5.97 Å². The Morgan fingerprint density at radius 3 is 3.00 bits per heavy atom. The van der Waals surface area contributed by atoms with Crippen molar-refractivity contribution in [2.45, 2.75) is 6.61 Å². The number of carbonyl (C=O) groups is 1. The van der Waals surface area contributed by atoms with E-state index in [1.807, 2.05) is 0 Å². The van der Waals surface area contributed by atoms with E-state index in [0.717, 1.165) is 4.88 Å². The summed E-state index contributed by atoms with van der Waals surface area (Å²) in [5, 5.41) is 8.75. The van der Waals surface area contributed by atoms with Crippen LogP contribution in [0.25, 0.3) is 0 Å². The van der Waals surface area contributed by atoms with Gasteiger partial charge in [0.05, 0.1) is 6.61 Å². The van der Waals surface area contributed by atoms with Crippen LogP contribution in [0.2, 0.25) is 0 Å². The lowest BCUT2D eigenvalue weighted by Gasteiger charge is -1.97. The maximum absolute atomic E-state index is 11.2. The Kier molecular flexibility index (Phi) is 3.67. The summed E-state index contributed by atoms with van der Waals surface area (Å²) >= 11 is 1.23. The second-order valence-corrected chi connectivity index (χ2v) is 3.48. The van der Waals surface area contributed by atoms with E-state index in [1.165, 1.54) is 17.4 Å². The fourth-order valence-corrected chi connectivity index (χ4v) is 1.54. The lowest BCUT2D eigenvalue weighted by molar-refractivity contribution is 0.0555. The van der Waals surface area contributed by atoms with Gasteiger partial charge in [0.25, 0.3) is 0 Å². The molecule has 0 bridgehead atoms. The molecule has 0 fully saturated rings. The summed E-state index contributed by atoms with van der Waals surface area (Å²) in [6, 6.07) is 3.34. The smallest absolute Gasteiger partial charge is 0.348 e. The summed E-state index contributed by atoms with van der Waals surface area (Å²) in [6.07, 6.45) is 1.51. The maximum atomic E-state index is 11.2. The maximum Gasteiger partial charge on any atom is 0.348 e. The number of aliphatic hydroxyl groups excluding tert-OH is 1. The first kappa shape index (κ1) is 9.95. The van der Waals surface area contributed by atoms with Crippen LogP contribution in [0.3, 0.4) is 0 Å². The zero-order valence-corrected chi connectivity index (χ0v) is 7.84. The minimum Gasteiger partial charge on any atom is -0.457 e. The predicted molar refractivity (Wildman–Crippen MR) is 50.7 cm³/mol. The van der Waals surface area contributed by atoms with E-state index in [-0.39, 0.29) is 19.2 Å². The quantitative estimate of drug-likeness (QED) is 0.590. The van der Waals surface area contributed by atoms with Gasteiger partial charge in [-0.25, -0.2) is 4.79 Å². The van der Waals surface area contributed by atoms with Crippen molar-refractivity contribution in [1.29, 1.82) is 0 Å². The summed E-state index contributed by atoms with van der Waals surface area (Å²) in [7, 11) is 0. The van der Waals surface area contributed by atoms with Gasteiger partial charge in [0, 0.05) is 4.88 Å². The van der Waals surface area contributed by atoms with Gasteiger partial charge in [-0.2, -0.15) is 0 Å². The van der Waals surface area contributed by atoms with Crippen molar-refractivity contribution >= 4 is 17.3 Å². The fraction of sp³-hybridized carbons (Fsp3) is 0.222. The molecule has 1 heterocycles. The highest BCUT2D eigenvalue weighted by Crippen LogP contribution is 2.17. The second kappa shape index (κ2) is 4.79. The normalized spacial score (nSPS) is 9.62. The van der Waals surface area contributed by atoms with Crippen LogP contribution in [0.5, 0.6) is 0 Å². The van der Waals surface area contributed by atoms with Gasteiger partial charge in [0.1, 0.15) is 11.5 Å². The first-order valence-corrected chi connectivity index (χ1v) is 4.57. The zero-order chi connectivity index (χ0) is 9.68. The van der Waals surface area contributed by atoms with Crippen LogP contribution in [0.4, 0.5) is 0 Å². The van der Waals surface area contributed by atoms with Crippen molar-refractivity contribution in [3.05, 3.63) is 34.5 Å². The predicted octanol–water partition coefficient (Wildman–Crippen LogP) is 1.58. The Morgan fingerprint density at radius 1 is 1.69 bits per heavy atom. The minimum absolute atomic E-state index is 0.0423. The molecule has 0 saturated heterocycles. The van der Waals surface area contributed by atoms with Crippen LogP contribution in [0.1, 0.15) is 14.5 Å². The average molecular weight is 198 g/mol. The van der Waals surface area contributed by atoms with Gasteiger partial charge in [0.2, 0.25) is 0 Å². The molecule has 13 heavy (non-hydrogen) atoms. The van der Waals surface area contributed by atoms with Gasteiger partial charge in [-0.1, -0.05) is 12.7 Å². The van der Waals surface area contributed by atoms with E-state index in [1.54, 1.807) is 12.1 Å². The van der Waals surface area contributed by atoms with Gasteiger partial charge < -0.3 is 9.84 Å². The molecule has 4 heteroatoms. The van der Waals surface area contributed by atoms with Crippen molar-refractivity contribution < 1.29 is 14.6 Å². The van der Waals surface area contributed by atoms with Crippen LogP contribution >= 0.6 is 11.3 Å². The van der Waals surface area contributed by atoms with Gasteiger partial charge in [0.15, 0.2) is 0 Å². The molecule has 0 aromatic carbocycles. The molecular formula is C9H10O3S. The largest absolute Gasteiger partial charge is 0.457 e. The number of hydrogen-bond donors (Lipinski definition) is 1. The van der Waals surface area contributed by atoms with Gasteiger partial charge in [-0.3, -0.25) is 0 Å². The molecule has 1 aromatic heterocycles. The van der Waals surface area contributed by atoms with Crippen LogP contribution in [0.15, 0.2) is 24.8 Å². The standard InChI is InChI=1S/C9H10O3S/c1-2-5-12-9(11)8-4-3-7(6-10)13-8/h2-4,10H,1,5-6H2. The number of carbonyl (C=O) groups excluding carboxylic acids is 1. The highest BCUT2D eigenvalue weighted by atomic mass is 32.1. The molecule has 1 rings (SSSR count). The molecular weight excluding hydrogens is 188 g/mol. The molecule has 0 amide bonds. The van der Waals surface area contributed by atoms with Crippen LogP contribution in [-0.4, -0.2) is 17.7 Å². The highest BCUT2D eigenvalue weighted by Gasteiger charge is 2.08. The molecule has 0 atom stereocenters. The Labute approximate surface area is 80.3 Å². The molecule has 0 aliphatic heterocycles. The van der Waals surface area contributed by atoms with Crippen LogP contribution in [-0.2, 0) is 11.3 Å². The molecule has 3 nitrogen and oxygen atoms in total. The Morgan fingerprint density at radius 2 is 2.46 bits per heavy atom. The SMILES string of the molecule is C=CCOC(=O)c1ccc(CO)s1. The first-order valence-electron chi connectivity index (χ1n) is 3.75. The topological polar surface area (TPSA) is 46.5 Å². The highest BCUT2D eigenvalue weighted by molar-refractivity contribution is 7.13. The summed E-state index contributed by atoms with van der Waals surface area (Å²) in [6.45, 7) is 3.61. The molecule has 70 valence electrons. The molecule has 0 radical (unpaired) electrons. The second-order valence-electron chi connectivity index (χ2n) is 2.31. The van der Waals surface area contributed by atoms with Gasteiger partial charge in [-0.05, 0) is 12.1 Å². The third-order valence-electron chi connectivity index (χ3n) is 1.35. The Balaban J connectivity index is 2.60. The summed E-state index contributed by atoms with van der Waals surface area (Å²) in [5.74, 6) is -0.371. The molecule has 0 spiro atoms. The summed E-state index contributed by atoms with van der Waals surface area (Å²) in [4.78, 5) is 12.5. The van der Waals surface area contributed by atoms with Crippen LogP contribution < -0.4 is 0 Å². The molecule has 0 aliphatic rings. The number of aliphatic hydroxyl groups is 1. The van der Waals surface area contributed by atoms with E-state index in [0.29, 0.717) is 4.88 Å². The fourth-order valence-electron chi connectivity index (χ4n) is 0.778. The Bertz CT molecular complexity index is 304. The third kappa shape index (κ3) is 2.68. The summed E-state index contributed by atoms with van der Waals surface area (Å²) < 4.78 is 4.81. The third-order valence-corrected chi connectivity index (χ3v) is 2.40. The number of rotatable bonds is 4. The lowest BCUT2D eigenvalue weighted by atomic mass is 10.4. The molecule has 0 unspecified atom stereocenters. The monoisotopic (exact) mass is 198 g/mol. The van der Waals surface area contributed by atoms with Crippen molar-refractivity contribution in [3.8, 4) is 0 Å². The van der Waals surface area contributed by atoms with E-state index in [9.17, 15) is 4.79 Å². The Hall–Kier alpha value is -1.13. The number of esters is 1. The number of ether oxygens (including phenoxy) is 1. The lowest BCUT2D eigenvalue weighted by Crippen LogP contribution is -2.02. The van der Waals surface area contributed by atoms with E-state index >= 15 is 0 Å². The van der Waals surface area contributed by atoms with E-state index in [2.05, 4.69) is 6.58 Å². The number of hydrogen-bond acceptors (Lipinski definition) is 4. The van der Waals surface area contributed by atoms with Crippen molar-refractivity contribution in [3.63, 3.8) is 0 Å². The van der Waals surface area contributed by atoms with Crippen molar-refractivity contribution in [1.82, 2.24) is 0 Å². The molecule has 0 aliphatic carbocycles. The van der Waals surface area contributed by atoms with E-state index < -0.39 is 0 Å². The minimum atomic E-state index is -0.371. The van der Waals surface area contributed by atoms with Crippen molar-refractivity contribution in [2.24, 2.45) is 0 Å². The average Bonchev–Trinajstić information content (AvgIpc) is 2.62. The number of thiophene rings is 1. The van der Waals surface area contributed by atoms with Crippen LogP contribution in [0, 0.1) is 0 Å². The van der Waals surface area contributed by atoms with Crippen molar-refractivity contribution in [2.75, 3.05) is 6.61 Å². The van der Waals surface area contributed by atoms with E-state index in [4.69, 9.17) is 9.84 Å². The molecule has 1 N–H and O–H groups in total. The first-order chi connectivity index (χ1) is 6.27. The molecule has 0 saturated carbocycles. The molecule has 1 aromatic rings. The summed E-state index contributed by atoms with van der Waals surface area (Å²) in [5.41, 5.74) is 0. The van der Waals surface area contributed by atoms with Gasteiger partial charge in [-0.15, -0.1) is 11.3 Å².